The van der Waals surface area contributed by atoms with Gasteiger partial charge in [-0.25, -0.2) is 0 Å². The first-order valence-corrected chi connectivity index (χ1v) is 4.67. The highest BCUT2D eigenvalue weighted by Crippen LogP contribution is 2.14. The van der Waals surface area contributed by atoms with E-state index in [0.717, 1.165) is 5.56 Å². The molecule has 0 aliphatic rings. The summed E-state index contributed by atoms with van der Waals surface area (Å²) >= 11 is 0. The number of rotatable bonds is 4. The molecule has 0 atom stereocenters. The molecule has 0 unspecified atom stereocenters. The van der Waals surface area contributed by atoms with E-state index in [1.807, 2.05) is 6.92 Å². The molecule has 0 aliphatic heterocycles. The molecule has 1 N–H and O–H groups in total. The Morgan fingerprint density at radius 1 is 1.25 bits per heavy atom. The van der Waals surface area contributed by atoms with Crippen LogP contribution in [0.2, 0.25) is 0 Å². The molecule has 0 fully saturated rings. The first-order valence-electron chi connectivity index (χ1n) is 4.67. The van der Waals surface area contributed by atoms with Gasteiger partial charge in [-0.15, -0.1) is 0 Å². The summed E-state index contributed by atoms with van der Waals surface area (Å²) in [6, 6.07) is 6.98. The maximum absolute atomic E-state index is 11.8. The van der Waals surface area contributed by atoms with Crippen molar-refractivity contribution in [3.05, 3.63) is 35.4 Å². The van der Waals surface area contributed by atoms with E-state index in [0.29, 0.717) is 5.56 Å². The Kier molecular flexibility index (Phi) is 4.06. The van der Waals surface area contributed by atoms with Crippen molar-refractivity contribution >= 4 is 5.71 Å². The second-order valence-corrected chi connectivity index (χ2v) is 3.45. The summed E-state index contributed by atoms with van der Waals surface area (Å²) in [4.78, 5) is 0. The van der Waals surface area contributed by atoms with Crippen LogP contribution in [0, 0.1) is 12.3 Å². The van der Waals surface area contributed by atoms with Gasteiger partial charge in [0.25, 0.3) is 0 Å². The summed E-state index contributed by atoms with van der Waals surface area (Å²) in [5, 5.41) is 7.52. The topological polar surface area (TPSA) is 33.1 Å². The molecule has 0 aliphatic carbocycles. The van der Waals surface area contributed by atoms with Crippen LogP contribution in [0.1, 0.15) is 11.1 Å². The largest absolute Gasteiger partial charge is 0.411 e. The Morgan fingerprint density at radius 2 is 1.81 bits per heavy atom. The molecule has 0 radical (unpaired) electrons. The normalized spacial score (nSPS) is 11.5. The Hall–Kier alpha value is -1.36. The molecule has 0 amide bonds. The van der Waals surface area contributed by atoms with Crippen molar-refractivity contribution in [1.82, 2.24) is 0 Å². The van der Waals surface area contributed by atoms with E-state index in [9.17, 15) is 13.2 Å². The first kappa shape index (κ1) is 12.7. The zero-order chi connectivity index (χ0) is 12.2. The molecule has 0 aromatic heterocycles. The van der Waals surface area contributed by atoms with Gasteiger partial charge in [0.1, 0.15) is 6.61 Å². The predicted molar refractivity (Wildman–Crippen MR) is 54.9 cm³/mol. The highest BCUT2D eigenvalue weighted by atomic mass is 19.4. The van der Waals surface area contributed by atoms with E-state index in [-0.39, 0.29) is 12.3 Å². The lowest BCUT2D eigenvalue weighted by Gasteiger charge is -2.08. The summed E-state index contributed by atoms with van der Waals surface area (Å²) < 4.78 is 39.7. The predicted octanol–water partition coefficient (Wildman–Crippen LogP) is 2.94. The van der Waals surface area contributed by atoms with Crippen LogP contribution in [0.3, 0.4) is 0 Å². The Morgan fingerprint density at radius 3 is 2.31 bits per heavy atom. The van der Waals surface area contributed by atoms with Gasteiger partial charge in [0.05, 0.1) is 12.3 Å². The average Bonchev–Trinajstić information content (AvgIpc) is 2.16. The quantitative estimate of drug-likeness (QED) is 0.794. The lowest BCUT2D eigenvalue weighted by Crippen LogP contribution is -2.20. The standard InChI is InChI=1S/C11H12F3NO/c1-8-2-4-9(5-3-8)10(15)6-16-7-11(12,13)14/h2-5,15H,6-7H2,1H3. The molecule has 0 saturated heterocycles. The lowest BCUT2D eigenvalue weighted by molar-refractivity contribution is -0.170. The molecule has 0 bridgehead atoms. The smallest absolute Gasteiger partial charge is 0.366 e. The van der Waals surface area contributed by atoms with Crippen molar-refractivity contribution in [2.45, 2.75) is 13.1 Å². The number of alkyl halides is 3. The van der Waals surface area contributed by atoms with Crippen molar-refractivity contribution < 1.29 is 17.9 Å². The van der Waals surface area contributed by atoms with Gasteiger partial charge >= 0.3 is 6.18 Å². The molecule has 0 spiro atoms. The third-order valence-corrected chi connectivity index (χ3v) is 1.91. The van der Waals surface area contributed by atoms with Gasteiger partial charge in [-0.1, -0.05) is 29.8 Å². The SMILES string of the molecule is Cc1ccc(C(=N)COCC(F)(F)F)cc1. The third kappa shape index (κ3) is 4.44. The molecule has 0 heterocycles. The zero-order valence-electron chi connectivity index (χ0n) is 8.77. The third-order valence-electron chi connectivity index (χ3n) is 1.91. The van der Waals surface area contributed by atoms with Gasteiger partial charge in [-0.05, 0) is 12.5 Å². The number of hydrogen-bond acceptors (Lipinski definition) is 2. The van der Waals surface area contributed by atoms with E-state index >= 15 is 0 Å². The molecule has 1 rings (SSSR count). The fourth-order valence-corrected chi connectivity index (χ4v) is 1.11. The van der Waals surface area contributed by atoms with Crippen LogP contribution in [0.5, 0.6) is 0 Å². The van der Waals surface area contributed by atoms with Gasteiger partial charge in [0.15, 0.2) is 0 Å². The Bertz CT molecular complexity index is 356. The summed E-state index contributed by atoms with van der Waals surface area (Å²) in [6.45, 7) is 0.247. The minimum atomic E-state index is -4.34. The van der Waals surface area contributed by atoms with E-state index in [1.165, 1.54) is 0 Å². The molecule has 88 valence electrons. The van der Waals surface area contributed by atoms with Crippen LogP contribution >= 0.6 is 0 Å². The lowest BCUT2D eigenvalue weighted by atomic mass is 10.1. The fourth-order valence-electron chi connectivity index (χ4n) is 1.11. The maximum Gasteiger partial charge on any atom is 0.411 e. The van der Waals surface area contributed by atoms with Gasteiger partial charge in [-0.3, -0.25) is 0 Å². The Labute approximate surface area is 91.6 Å². The summed E-state index contributed by atoms with van der Waals surface area (Å²) in [5.41, 5.74) is 1.66. The van der Waals surface area contributed by atoms with Crippen LogP contribution in [0.4, 0.5) is 13.2 Å². The van der Waals surface area contributed by atoms with Gasteiger partial charge in [0, 0.05) is 0 Å². The molecule has 16 heavy (non-hydrogen) atoms. The maximum atomic E-state index is 11.8. The van der Waals surface area contributed by atoms with Crippen molar-refractivity contribution in [2.24, 2.45) is 0 Å². The molecule has 0 saturated carbocycles. The van der Waals surface area contributed by atoms with E-state index in [1.54, 1.807) is 24.3 Å². The molecule has 5 heteroatoms. The molecule has 1 aromatic rings. The van der Waals surface area contributed by atoms with E-state index in [4.69, 9.17) is 5.41 Å². The summed E-state index contributed by atoms with van der Waals surface area (Å²) in [6.07, 6.45) is -4.34. The zero-order valence-corrected chi connectivity index (χ0v) is 8.77. The minimum absolute atomic E-state index is 0.0456. The number of aryl methyl sites for hydroxylation is 1. The molecule has 1 aromatic carbocycles. The number of hydrogen-bond donors (Lipinski definition) is 1. The number of halogens is 3. The fraction of sp³-hybridized carbons (Fsp3) is 0.364. The second kappa shape index (κ2) is 5.12. The minimum Gasteiger partial charge on any atom is -0.366 e. The van der Waals surface area contributed by atoms with Crippen molar-refractivity contribution in [3.63, 3.8) is 0 Å². The number of benzene rings is 1. The van der Waals surface area contributed by atoms with Crippen molar-refractivity contribution in [3.8, 4) is 0 Å². The Balaban J connectivity index is 2.44. The number of nitrogens with one attached hydrogen (secondary N) is 1. The van der Waals surface area contributed by atoms with Crippen molar-refractivity contribution in [1.29, 1.82) is 5.41 Å². The van der Waals surface area contributed by atoms with Crippen LogP contribution in [0.25, 0.3) is 0 Å². The van der Waals surface area contributed by atoms with Gasteiger partial charge in [0.2, 0.25) is 0 Å². The second-order valence-electron chi connectivity index (χ2n) is 3.45. The summed E-state index contributed by atoms with van der Waals surface area (Å²) in [7, 11) is 0. The van der Waals surface area contributed by atoms with Crippen molar-refractivity contribution in [2.75, 3.05) is 13.2 Å². The van der Waals surface area contributed by atoms with Gasteiger partial charge in [-0.2, -0.15) is 13.2 Å². The molecule has 2 nitrogen and oxygen atoms in total. The first-order chi connectivity index (χ1) is 7.38. The van der Waals surface area contributed by atoms with Crippen LogP contribution in [-0.2, 0) is 4.74 Å². The van der Waals surface area contributed by atoms with Crippen LogP contribution in [-0.4, -0.2) is 25.1 Å². The number of ether oxygens (including phenoxy) is 1. The van der Waals surface area contributed by atoms with E-state index in [2.05, 4.69) is 4.74 Å². The van der Waals surface area contributed by atoms with Crippen LogP contribution in [0.15, 0.2) is 24.3 Å². The summed E-state index contributed by atoms with van der Waals surface area (Å²) in [5.74, 6) is 0. The molecular weight excluding hydrogens is 219 g/mol. The molecular formula is C11H12F3NO. The monoisotopic (exact) mass is 231 g/mol. The van der Waals surface area contributed by atoms with Crippen LogP contribution < -0.4 is 0 Å². The van der Waals surface area contributed by atoms with Gasteiger partial charge < -0.3 is 10.1 Å². The highest BCUT2D eigenvalue weighted by molar-refractivity contribution is 5.99. The average molecular weight is 231 g/mol. The highest BCUT2D eigenvalue weighted by Gasteiger charge is 2.27. The van der Waals surface area contributed by atoms with E-state index < -0.39 is 12.8 Å².